The Kier molecular flexibility index (Phi) is 39.2. The number of aliphatic hydroxyl groups is 1. The Hall–Kier alpha value is -3.72. The van der Waals surface area contributed by atoms with Gasteiger partial charge in [-0.1, -0.05) is 151 Å². The molecule has 0 heterocycles. The second kappa shape index (κ2) is 41.9. The molecule has 0 rings (SSSR count). The first-order valence-corrected chi connectivity index (χ1v) is 22.3. The van der Waals surface area contributed by atoms with E-state index in [1.165, 1.54) is 44.9 Å². The molecule has 2 amide bonds. The zero-order valence-electron chi connectivity index (χ0n) is 35.8. The number of carbonyl (C=O) groups excluding carboxylic acids is 3. The highest BCUT2D eigenvalue weighted by atomic mass is 16.5. The average Bonchev–Trinajstić information content (AvgIpc) is 3.20. The van der Waals surface area contributed by atoms with Crippen LogP contribution in [0.2, 0.25) is 0 Å². The minimum atomic E-state index is -1.39. The number of amides is 2. The standard InChI is InChI=1S/C48H80N2O7/c1-3-5-7-9-11-13-14-15-16-17-18-19-20-21-22-23-24-25-27-32-36-40-47(54)57-43(37-33-29-26-12-10-8-6-4-2)38-34-30-28-31-35-39-45(52)49-41-46(53)50-44(42-51)48(55)56/h5,7,11,13,15-16,18-19,21-22,24-25,43-44,51H,3-4,6,8-10,12,14,17,20,23,26-42H2,1-2H3,(H,49,52)(H,50,53)(H,55,56)/b7-5-,13-11-,16-15-,19-18-,22-21-,25-24-. The normalized spacial score (nSPS) is 13.2. The molecule has 2 atom stereocenters. The van der Waals surface area contributed by atoms with Crippen molar-refractivity contribution in [3.05, 3.63) is 72.9 Å². The Morgan fingerprint density at radius 3 is 1.49 bits per heavy atom. The molecule has 0 aromatic rings. The van der Waals surface area contributed by atoms with Crippen molar-refractivity contribution < 1.29 is 34.1 Å². The van der Waals surface area contributed by atoms with E-state index in [-0.39, 0.29) is 30.9 Å². The zero-order valence-corrected chi connectivity index (χ0v) is 35.8. The van der Waals surface area contributed by atoms with Crippen molar-refractivity contribution in [1.82, 2.24) is 10.6 Å². The summed E-state index contributed by atoms with van der Waals surface area (Å²) in [6, 6.07) is -1.39. The van der Waals surface area contributed by atoms with E-state index >= 15 is 0 Å². The molecule has 0 aliphatic rings. The highest BCUT2D eigenvalue weighted by Gasteiger charge is 2.19. The molecule has 0 spiro atoms. The van der Waals surface area contributed by atoms with Crippen molar-refractivity contribution >= 4 is 23.8 Å². The number of allylic oxidation sites excluding steroid dienone is 12. The number of carboxylic acid groups (broad SMARTS) is 1. The molecule has 0 radical (unpaired) electrons. The second-order valence-corrected chi connectivity index (χ2v) is 14.8. The topological polar surface area (TPSA) is 142 Å². The molecule has 0 aromatic heterocycles. The van der Waals surface area contributed by atoms with Gasteiger partial charge in [0.1, 0.15) is 12.1 Å². The molecule has 324 valence electrons. The lowest BCUT2D eigenvalue weighted by Crippen LogP contribution is -2.47. The van der Waals surface area contributed by atoms with Gasteiger partial charge in [-0.05, 0) is 89.9 Å². The minimum Gasteiger partial charge on any atom is -0.480 e. The van der Waals surface area contributed by atoms with Crippen molar-refractivity contribution in [2.24, 2.45) is 0 Å². The molecular formula is C48H80N2O7. The number of rotatable bonds is 39. The highest BCUT2D eigenvalue weighted by Crippen LogP contribution is 2.18. The summed E-state index contributed by atoms with van der Waals surface area (Å²) in [7, 11) is 0. The van der Waals surface area contributed by atoms with Crippen LogP contribution in [0.3, 0.4) is 0 Å². The van der Waals surface area contributed by atoms with Gasteiger partial charge in [0.15, 0.2) is 0 Å². The lowest BCUT2D eigenvalue weighted by molar-refractivity contribution is -0.150. The lowest BCUT2D eigenvalue weighted by atomic mass is 10.0. The van der Waals surface area contributed by atoms with Gasteiger partial charge in [-0.3, -0.25) is 14.4 Å². The molecule has 2 unspecified atom stereocenters. The molecule has 0 aromatic carbocycles. The summed E-state index contributed by atoms with van der Waals surface area (Å²) < 4.78 is 5.99. The molecule has 0 saturated heterocycles. The van der Waals surface area contributed by atoms with E-state index in [1.807, 2.05) is 0 Å². The Bertz CT molecular complexity index is 1190. The molecule has 4 N–H and O–H groups in total. The van der Waals surface area contributed by atoms with Crippen molar-refractivity contribution in [3.63, 3.8) is 0 Å². The number of nitrogens with one attached hydrogen (secondary N) is 2. The van der Waals surface area contributed by atoms with Gasteiger partial charge in [0, 0.05) is 12.8 Å². The number of carboxylic acids is 1. The first kappa shape index (κ1) is 53.3. The van der Waals surface area contributed by atoms with Crippen LogP contribution in [0.4, 0.5) is 0 Å². The van der Waals surface area contributed by atoms with Crippen LogP contribution < -0.4 is 10.6 Å². The molecule has 0 aliphatic heterocycles. The lowest BCUT2D eigenvalue weighted by Gasteiger charge is -2.18. The number of carbonyl (C=O) groups is 4. The molecule has 0 aliphatic carbocycles. The Labute approximate surface area is 346 Å². The second-order valence-electron chi connectivity index (χ2n) is 14.8. The van der Waals surface area contributed by atoms with Gasteiger partial charge in [-0.2, -0.15) is 0 Å². The van der Waals surface area contributed by atoms with Crippen LogP contribution in [0.15, 0.2) is 72.9 Å². The molecule has 0 bridgehead atoms. The molecule has 0 fully saturated rings. The molecule has 9 nitrogen and oxygen atoms in total. The van der Waals surface area contributed by atoms with Gasteiger partial charge in [0.05, 0.1) is 13.2 Å². The third-order valence-corrected chi connectivity index (χ3v) is 9.47. The summed E-state index contributed by atoms with van der Waals surface area (Å²) in [6.45, 7) is 3.34. The quantitative estimate of drug-likeness (QED) is 0.0276. The molecular weight excluding hydrogens is 717 g/mol. The maximum absolute atomic E-state index is 12.8. The van der Waals surface area contributed by atoms with Gasteiger partial charge >= 0.3 is 11.9 Å². The molecule has 9 heteroatoms. The van der Waals surface area contributed by atoms with E-state index in [2.05, 4.69) is 97.4 Å². The van der Waals surface area contributed by atoms with Gasteiger partial charge < -0.3 is 25.6 Å². The Morgan fingerprint density at radius 1 is 0.544 bits per heavy atom. The van der Waals surface area contributed by atoms with Crippen molar-refractivity contribution in [2.45, 2.75) is 193 Å². The smallest absolute Gasteiger partial charge is 0.328 e. The largest absolute Gasteiger partial charge is 0.480 e. The fourth-order valence-corrected chi connectivity index (χ4v) is 6.07. The fraction of sp³-hybridized carbons (Fsp3) is 0.667. The first-order valence-electron chi connectivity index (χ1n) is 22.3. The number of hydrogen-bond acceptors (Lipinski definition) is 6. The maximum atomic E-state index is 12.8. The van der Waals surface area contributed by atoms with Crippen LogP contribution in [-0.4, -0.2) is 59.3 Å². The van der Waals surface area contributed by atoms with Crippen molar-refractivity contribution in [1.29, 1.82) is 0 Å². The van der Waals surface area contributed by atoms with Crippen LogP contribution >= 0.6 is 0 Å². The zero-order chi connectivity index (χ0) is 41.9. The number of esters is 1. The maximum Gasteiger partial charge on any atom is 0.328 e. The monoisotopic (exact) mass is 797 g/mol. The van der Waals surface area contributed by atoms with E-state index in [1.54, 1.807) is 0 Å². The van der Waals surface area contributed by atoms with Gasteiger partial charge in [-0.25, -0.2) is 4.79 Å². The fourth-order valence-electron chi connectivity index (χ4n) is 6.07. The highest BCUT2D eigenvalue weighted by molar-refractivity contribution is 5.87. The van der Waals surface area contributed by atoms with Gasteiger partial charge in [-0.15, -0.1) is 0 Å². The molecule has 0 saturated carbocycles. The third-order valence-electron chi connectivity index (χ3n) is 9.47. The van der Waals surface area contributed by atoms with Crippen molar-refractivity contribution in [2.75, 3.05) is 13.2 Å². The number of ether oxygens (including phenoxy) is 1. The molecule has 57 heavy (non-hydrogen) atoms. The van der Waals surface area contributed by atoms with E-state index < -0.39 is 24.5 Å². The third kappa shape index (κ3) is 38.9. The van der Waals surface area contributed by atoms with E-state index in [0.29, 0.717) is 12.8 Å². The van der Waals surface area contributed by atoms with Crippen LogP contribution in [0.1, 0.15) is 181 Å². The van der Waals surface area contributed by atoms with Crippen LogP contribution in [0, 0.1) is 0 Å². The number of hydrogen-bond donors (Lipinski definition) is 4. The van der Waals surface area contributed by atoms with Crippen LogP contribution in [0.25, 0.3) is 0 Å². The summed E-state index contributed by atoms with van der Waals surface area (Å²) >= 11 is 0. The van der Waals surface area contributed by atoms with E-state index in [4.69, 9.17) is 14.9 Å². The summed E-state index contributed by atoms with van der Waals surface area (Å²) in [4.78, 5) is 47.5. The predicted molar refractivity (Wildman–Crippen MR) is 236 cm³/mol. The van der Waals surface area contributed by atoms with Crippen LogP contribution in [-0.2, 0) is 23.9 Å². The Balaban J connectivity index is 4.28. The van der Waals surface area contributed by atoms with E-state index in [0.717, 1.165) is 103 Å². The van der Waals surface area contributed by atoms with Crippen LogP contribution in [0.5, 0.6) is 0 Å². The number of aliphatic carboxylic acids is 1. The minimum absolute atomic E-state index is 0.0376. The first-order chi connectivity index (χ1) is 27.8. The number of aliphatic hydroxyl groups excluding tert-OH is 1. The summed E-state index contributed by atoms with van der Waals surface area (Å²) in [5.74, 6) is -2.35. The number of unbranched alkanes of at least 4 members (excludes halogenated alkanes) is 13. The summed E-state index contributed by atoms with van der Waals surface area (Å²) in [6.07, 6.45) is 52.2. The summed E-state index contributed by atoms with van der Waals surface area (Å²) in [5, 5.41) is 22.5. The summed E-state index contributed by atoms with van der Waals surface area (Å²) in [5.41, 5.74) is 0. The average molecular weight is 797 g/mol. The SMILES string of the molecule is CC/C=C\C/C=C\C/C=C\C/C=C\C/C=C\C/C=C\CCCCC(=O)OC(CCCCCCCCCC)CCCCCCCC(=O)NCC(=O)NC(CO)C(=O)O. The van der Waals surface area contributed by atoms with Gasteiger partial charge in [0.25, 0.3) is 0 Å². The Morgan fingerprint density at radius 2 is 1.00 bits per heavy atom. The van der Waals surface area contributed by atoms with E-state index in [9.17, 15) is 19.2 Å². The predicted octanol–water partition coefficient (Wildman–Crippen LogP) is 11.1. The van der Waals surface area contributed by atoms with Crippen molar-refractivity contribution in [3.8, 4) is 0 Å². The van der Waals surface area contributed by atoms with Gasteiger partial charge in [0.2, 0.25) is 11.8 Å².